The number of carbonyl (C=O) groups excluding carboxylic acids is 1. The lowest BCUT2D eigenvalue weighted by molar-refractivity contribution is -0.131. The van der Waals surface area contributed by atoms with Crippen molar-refractivity contribution in [2.24, 2.45) is 35.0 Å². The molecule has 0 spiro atoms. The Bertz CT molecular complexity index is 525. The van der Waals surface area contributed by atoms with E-state index in [0.29, 0.717) is 17.8 Å². The molecular weight excluding hydrogens is 288 g/mol. The molecule has 0 aromatic rings. The van der Waals surface area contributed by atoms with Gasteiger partial charge >= 0.3 is 0 Å². The van der Waals surface area contributed by atoms with Crippen LogP contribution in [0.15, 0.2) is 11.6 Å². The zero-order chi connectivity index (χ0) is 16.2. The molecule has 3 nitrogen and oxygen atoms in total. The summed E-state index contributed by atoms with van der Waals surface area (Å²) in [5.74, 6) is 2.97. The van der Waals surface area contributed by atoms with Crippen LogP contribution in [0.25, 0.3) is 0 Å². The number of rotatable bonds is 2. The van der Waals surface area contributed by atoms with Gasteiger partial charge in [0.1, 0.15) is 6.61 Å². The zero-order valence-corrected chi connectivity index (χ0v) is 14.2. The quantitative estimate of drug-likeness (QED) is 0.769. The number of Topliss-reactive ketones (excluding diaryl/α,β-unsaturated/α-hetero) is 1. The molecule has 4 aliphatic carbocycles. The van der Waals surface area contributed by atoms with Gasteiger partial charge in [-0.3, -0.25) is 4.79 Å². The lowest BCUT2D eigenvalue weighted by Gasteiger charge is -2.53. The molecule has 4 aliphatic rings. The van der Waals surface area contributed by atoms with Crippen LogP contribution in [0.2, 0.25) is 0 Å². The minimum absolute atomic E-state index is 0.0706. The Morgan fingerprint density at radius 3 is 2.83 bits per heavy atom. The van der Waals surface area contributed by atoms with Crippen molar-refractivity contribution in [2.75, 3.05) is 6.61 Å². The van der Waals surface area contributed by atoms with Crippen LogP contribution in [-0.4, -0.2) is 28.7 Å². The maximum atomic E-state index is 12.2. The topological polar surface area (TPSA) is 57.5 Å². The Labute approximate surface area is 139 Å². The van der Waals surface area contributed by atoms with E-state index in [0.717, 1.165) is 50.9 Å². The second-order valence-electron chi connectivity index (χ2n) is 8.79. The molecule has 0 bridgehead atoms. The van der Waals surface area contributed by atoms with Crippen molar-refractivity contribution >= 4 is 5.78 Å². The van der Waals surface area contributed by atoms with Crippen LogP contribution in [0, 0.1) is 35.0 Å². The van der Waals surface area contributed by atoms with Crippen molar-refractivity contribution in [3.8, 4) is 0 Å². The van der Waals surface area contributed by atoms with Gasteiger partial charge in [-0.25, -0.2) is 0 Å². The highest BCUT2D eigenvalue weighted by Crippen LogP contribution is 2.63. The van der Waals surface area contributed by atoms with Crippen LogP contribution >= 0.6 is 0 Å². The molecular formula is C20H30O3. The summed E-state index contributed by atoms with van der Waals surface area (Å²) >= 11 is 0. The third-order valence-corrected chi connectivity index (χ3v) is 7.96. The molecule has 0 aromatic heterocycles. The van der Waals surface area contributed by atoms with Crippen LogP contribution < -0.4 is 0 Å². The largest absolute Gasteiger partial charge is 0.393 e. The predicted molar refractivity (Wildman–Crippen MR) is 88.7 cm³/mol. The SMILES string of the molecule is C[C@]12CC[C@H]3[C@@H](CC=C4C[C@H](O)CC[C@@H]43)[C@@H]1CC[C@@H]2C(=O)CO. The minimum atomic E-state index is -0.286. The van der Waals surface area contributed by atoms with E-state index in [-0.39, 0.29) is 29.8 Å². The third-order valence-electron chi connectivity index (χ3n) is 7.96. The van der Waals surface area contributed by atoms with E-state index in [1.54, 1.807) is 0 Å². The Morgan fingerprint density at radius 1 is 1.22 bits per heavy atom. The predicted octanol–water partition coefficient (Wildman–Crippen LogP) is 3.10. The van der Waals surface area contributed by atoms with Crippen LogP contribution in [0.3, 0.4) is 0 Å². The fourth-order valence-electron chi connectivity index (χ4n) is 6.89. The van der Waals surface area contributed by atoms with Gasteiger partial charge in [-0.05, 0) is 80.5 Å². The minimum Gasteiger partial charge on any atom is -0.393 e. The fraction of sp³-hybridized carbons (Fsp3) is 0.850. The number of hydrogen-bond acceptors (Lipinski definition) is 3. The lowest BCUT2D eigenvalue weighted by atomic mass is 9.51. The van der Waals surface area contributed by atoms with E-state index in [1.165, 1.54) is 12.0 Å². The third kappa shape index (κ3) is 2.34. The first-order valence-corrected chi connectivity index (χ1v) is 9.55. The van der Waals surface area contributed by atoms with Gasteiger partial charge in [0.15, 0.2) is 5.78 Å². The van der Waals surface area contributed by atoms with Gasteiger partial charge in [-0.1, -0.05) is 18.6 Å². The lowest BCUT2D eigenvalue weighted by Crippen LogP contribution is -2.47. The van der Waals surface area contributed by atoms with Crippen LogP contribution in [-0.2, 0) is 4.79 Å². The summed E-state index contributed by atoms with van der Waals surface area (Å²) in [6.07, 6.45) is 10.9. The van der Waals surface area contributed by atoms with E-state index >= 15 is 0 Å². The highest BCUT2D eigenvalue weighted by molar-refractivity contribution is 5.83. The summed E-state index contributed by atoms with van der Waals surface area (Å²) in [5.41, 5.74) is 1.63. The van der Waals surface area contributed by atoms with Crippen molar-refractivity contribution in [3.63, 3.8) is 0 Å². The number of ketones is 1. The molecule has 2 N–H and O–H groups in total. The number of aliphatic hydroxyl groups excluding tert-OH is 2. The first-order valence-electron chi connectivity index (χ1n) is 9.55. The molecule has 3 saturated carbocycles. The second kappa shape index (κ2) is 5.70. The summed E-state index contributed by atoms with van der Waals surface area (Å²) in [5, 5.41) is 19.3. The average Bonchev–Trinajstić information content (AvgIpc) is 2.90. The van der Waals surface area contributed by atoms with Gasteiger partial charge in [0.25, 0.3) is 0 Å². The van der Waals surface area contributed by atoms with E-state index in [9.17, 15) is 15.0 Å². The average molecular weight is 318 g/mol. The molecule has 128 valence electrons. The maximum Gasteiger partial charge on any atom is 0.161 e. The maximum absolute atomic E-state index is 12.2. The number of aliphatic hydroxyl groups is 2. The number of carbonyl (C=O) groups is 1. The summed E-state index contributed by atoms with van der Waals surface area (Å²) in [6, 6.07) is 0. The Hall–Kier alpha value is -0.670. The summed E-state index contributed by atoms with van der Waals surface area (Å²) in [4.78, 5) is 12.2. The fourth-order valence-corrected chi connectivity index (χ4v) is 6.89. The molecule has 0 amide bonds. The first kappa shape index (κ1) is 15.8. The Kier molecular flexibility index (Phi) is 3.92. The van der Waals surface area contributed by atoms with Crippen molar-refractivity contribution in [1.82, 2.24) is 0 Å². The molecule has 0 saturated heterocycles. The molecule has 0 aliphatic heterocycles. The van der Waals surface area contributed by atoms with E-state index in [1.807, 2.05) is 0 Å². The van der Waals surface area contributed by atoms with Crippen molar-refractivity contribution in [2.45, 2.75) is 64.4 Å². The standard InChI is InChI=1S/C20H30O3/c1-20-9-8-15-14-5-3-13(22)10-12(14)2-4-16(15)17(20)6-7-18(20)19(23)11-21/h2,13-18,21-22H,3-11H2,1H3/t13-,14+,15-,16-,17+,18-,20+/m1/s1. The van der Waals surface area contributed by atoms with Crippen molar-refractivity contribution in [3.05, 3.63) is 11.6 Å². The summed E-state index contributed by atoms with van der Waals surface area (Å²) in [6.45, 7) is 2.04. The van der Waals surface area contributed by atoms with Crippen molar-refractivity contribution < 1.29 is 15.0 Å². The Balaban J connectivity index is 1.59. The molecule has 0 unspecified atom stereocenters. The Morgan fingerprint density at radius 2 is 2.04 bits per heavy atom. The zero-order valence-electron chi connectivity index (χ0n) is 14.2. The van der Waals surface area contributed by atoms with E-state index in [4.69, 9.17) is 0 Å². The molecule has 0 aromatic carbocycles. The second-order valence-corrected chi connectivity index (χ2v) is 8.79. The summed E-state index contributed by atoms with van der Waals surface area (Å²) in [7, 11) is 0. The van der Waals surface area contributed by atoms with Gasteiger partial charge in [-0.15, -0.1) is 0 Å². The monoisotopic (exact) mass is 318 g/mol. The smallest absolute Gasteiger partial charge is 0.161 e. The van der Waals surface area contributed by atoms with Gasteiger partial charge in [0, 0.05) is 5.92 Å². The molecule has 0 radical (unpaired) electrons. The van der Waals surface area contributed by atoms with Gasteiger partial charge in [0.05, 0.1) is 6.10 Å². The van der Waals surface area contributed by atoms with Crippen LogP contribution in [0.5, 0.6) is 0 Å². The normalized spacial score (nSPS) is 48.9. The number of hydrogen-bond donors (Lipinski definition) is 2. The summed E-state index contributed by atoms with van der Waals surface area (Å²) < 4.78 is 0. The van der Waals surface area contributed by atoms with Crippen molar-refractivity contribution in [1.29, 1.82) is 0 Å². The first-order chi connectivity index (χ1) is 11.0. The van der Waals surface area contributed by atoms with Gasteiger partial charge < -0.3 is 10.2 Å². The van der Waals surface area contributed by atoms with E-state index < -0.39 is 0 Å². The van der Waals surface area contributed by atoms with Crippen LogP contribution in [0.4, 0.5) is 0 Å². The van der Waals surface area contributed by atoms with Gasteiger partial charge in [0.2, 0.25) is 0 Å². The highest BCUT2D eigenvalue weighted by Gasteiger charge is 2.57. The van der Waals surface area contributed by atoms with Crippen LogP contribution in [0.1, 0.15) is 58.3 Å². The molecule has 23 heavy (non-hydrogen) atoms. The molecule has 0 heterocycles. The molecule has 7 atom stereocenters. The number of fused-ring (bicyclic) bond motifs is 5. The molecule has 3 fully saturated rings. The number of allylic oxidation sites excluding steroid dienone is 1. The highest BCUT2D eigenvalue weighted by atomic mass is 16.3. The van der Waals surface area contributed by atoms with Gasteiger partial charge in [-0.2, -0.15) is 0 Å². The van der Waals surface area contributed by atoms with E-state index in [2.05, 4.69) is 13.0 Å². The molecule has 4 rings (SSSR count). The molecule has 3 heteroatoms.